The highest BCUT2D eigenvalue weighted by Gasteiger charge is 2.33. The van der Waals surface area contributed by atoms with Crippen LogP contribution in [0.1, 0.15) is 16.1 Å². The maximum Gasteiger partial charge on any atom is 0.339 e. The topological polar surface area (TPSA) is 93.6 Å². The van der Waals surface area contributed by atoms with Gasteiger partial charge in [0.1, 0.15) is 11.3 Å². The number of hydrogen-bond donors (Lipinski definition) is 3. The minimum absolute atomic E-state index is 0.235. The molecular weight excluding hydrogens is 336 g/mol. The number of thiocarbonyl (C=S) groups is 1. The molecular formula is C15H10N2O4S2. The number of H-pyrrole nitrogens is 1. The third-order valence-electron chi connectivity index (χ3n) is 3.17. The van der Waals surface area contributed by atoms with Crippen molar-refractivity contribution in [2.24, 2.45) is 0 Å². The lowest BCUT2D eigenvalue weighted by Gasteiger charge is -2.15. The number of anilines is 1. The summed E-state index contributed by atoms with van der Waals surface area (Å²) < 4.78 is 0.315. The Hall–Kier alpha value is -2.58. The average Bonchev–Trinajstić information content (AvgIpc) is 3.08. The maximum absolute atomic E-state index is 12.5. The summed E-state index contributed by atoms with van der Waals surface area (Å²) in [6, 6.07) is 7.52. The molecule has 0 bridgehead atoms. The van der Waals surface area contributed by atoms with Crippen molar-refractivity contribution in [3.05, 3.63) is 52.7 Å². The summed E-state index contributed by atoms with van der Waals surface area (Å²) in [6.45, 7) is 0. The number of benzene rings is 1. The van der Waals surface area contributed by atoms with E-state index in [0.717, 1.165) is 17.5 Å². The Morgan fingerprint density at radius 2 is 2.13 bits per heavy atom. The Bertz CT molecular complexity index is 843. The molecule has 0 radical (unpaired) electrons. The quantitative estimate of drug-likeness (QED) is 0.584. The Kier molecular flexibility index (Phi) is 3.93. The third-order valence-corrected chi connectivity index (χ3v) is 4.47. The minimum atomic E-state index is -1.24. The van der Waals surface area contributed by atoms with E-state index >= 15 is 0 Å². The van der Waals surface area contributed by atoms with Gasteiger partial charge in [-0.25, -0.2) is 4.79 Å². The van der Waals surface area contributed by atoms with Crippen molar-refractivity contribution >= 4 is 51.9 Å². The maximum atomic E-state index is 12.5. The van der Waals surface area contributed by atoms with E-state index in [1.807, 2.05) is 12.1 Å². The number of aromatic nitrogens is 1. The Labute approximate surface area is 140 Å². The van der Waals surface area contributed by atoms with Gasteiger partial charge in [0.25, 0.3) is 5.91 Å². The molecule has 2 heterocycles. The zero-order valence-electron chi connectivity index (χ0n) is 11.5. The number of aromatic amines is 1. The molecule has 8 heteroatoms. The van der Waals surface area contributed by atoms with Gasteiger partial charge in [0.15, 0.2) is 4.32 Å². The number of carboxylic acid groups (broad SMARTS) is 1. The summed E-state index contributed by atoms with van der Waals surface area (Å²) in [6.07, 6.45) is 3.43. The Morgan fingerprint density at radius 1 is 1.35 bits per heavy atom. The number of rotatable bonds is 3. The molecule has 2 aromatic rings. The van der Waals surface area contributed by atoms with Gasteiger partial charge in [-0.05, 0) is 30.3 Å². The number of carbonyl (C=O) groups excluding carboxylic acids is 1. The SMILES string of the molecule is O=C(O)c1ccc(N2C(=O)/C(=C/c3ccc[nH]3)SC2=S)cc1O. The predicted molar refractivity (Wildman–Crippen MR) is 91.5 cm³/mol. The fourth-order valence-electron chi connectivity index (χ4n) is 2.11. The van der Waals surface area contributed by atoms with Crippen LogP contribution in [0.4, 0.5) is 5.69 Å². The highest BCUT2D eigenvalue weighted by atomic mass is 32.2. The number of hydrogen-bond acceptors (Lipinski definition) is 5. The van der Waals surface area contributed by atoms with E-state index in [-0.39, 0.29) is 11.5 Å². The van der Waals surface area contributed by atoms with Crippen molar-refractivity contribution < 1.29 is 19.8 Å². The van der Waals surface area contributed by atoms with Crippen LogP contribution in [0.3, 0.4) is 0 Å². The van der Waals surface area contributed by atoms with Gasteiger partial charge in [0, 0.05) is 18.0 Å². The van der Waals surface area contributed by atoms with Crippen molar-refractivity contribution in [2.75, 3.05) is 4.90 Å². The summed E-state index contributed by atoms with van der Waals surface area (Å²) in [5.41, 5.74) is 0.862. The molecule has 1 aromatic carbocycles. The van der Waals surface area contributed by atoms with Crippen molar-refractivity contribution in [3.63, 3.8) is 0 Å². The molecule has 6 nitrogen and oxygen atoms in total. The van der Waals surface area contributed by atoms with Crippen LogP contribution in [0.2, 0.25) is 0 Å². The van der Waals surface area contributed by atoms with Crippen LogP contribution in [0.5, 0.6) is 5.75 Å². The van der Waals surface area contributed by atoms with Crippen LogP contribution in [-0.4, -0.2) is 31.4 Å². The second-order valence-electron chi connectivity index (χ2n) is 4.65. The van der Waals surface area contributed by atoms with Gasteiger partial charge in [-0.3, -0.25) is 9.69 Å². The van der Waals surface area contributed by atoms with Crippen LogP contribution in [0, 0.1) is 0 Å². The lowest BCUT2D eigenvalue weighted by molar-refractivity contribution is -0.113. The van der Waals surface area contributed by atoms with Crippen molar-refractivity contribution in [1.82, 2.24) is 4.98 Å². The number of aromatic carboxylic acids is 1. The number of carboxylic acids is 1. The first-order chi connectivity index (χ1) is 11.0. The second kappa shape index (κ2) is 5.90. The van der Waals surface area contributed by atoms with E-state index in [0.29, 0.717) is 14.9 Å². The molecule has 3 rings (SSSR count). The molecule has 1 aliphatic heterocycles. The van der Waals surface area contributed by atoms with Crippen LogP contribution in [0.25, 0.3) is 6.08 Å². The van der Waals surface area contributed by atoms with E-state index < -0.39 is 11.7 Å². The molecule has 1 aliphatic rings. The highest BCUT2D eigenvalue weighted by Crippen LogP contribution is 2.37. The fourth-order valence-corrected chi connectivity index (χ4v) is 3.40. The fraction of sp³-hybridized carbons (Fsp3) is 0. The lowest BCUT2D eigenvalue weighted by Crippen LogP contribution is -2.27. The van der Waals surface area contributed by atoms with Crippen molar-refractivity contribution in [1.29, 1.82) is 0 Å². The average molecular weight is 346 g/mol. The van der Waals surface area contributed by atoms with Gasteiger partial charge in [-0.15, -0.1) is 0 Å². The number of phenols is 1. The second-order valence-corrected chi connectivity index (χ2v) is 6.32. The van der Waals surface area contributed by atoms with E-state index in [2.05, 4.69) is 4.98 Å². The Morgan fingerprint density at radius 3 is 2.74 bits per heavy atom. The molecule has 0 atom stereocenters. The minimum Gasteiger partial charge on any atom is -0.507 e. The monoisotopic (exact) mass is 346 g/mol. The molecule has 1 fully saturated rings. The first kappa shape index (κ1) is 15.3. The summed E-state index contributed by atoms with van der Waals surface area (Å²) in [4.78, 5) is 28.1. The van der Waals surface area contributed by atoms with Crippen molar-refractivity contribution in [3.8, 4) is 5.75 Å². The third kappa shape index (κ3) is 2.86. The van der Waals surface area contributed by atoms with Crippen LogP contribution in [-0.2, 0) is 4.79 Å². The predicted octanol–water partition coefficient (Wildman–Crippen LogP) is 2.82. The normalized spacial score (nSPS) is 16.3. The number of nitrogens with one attached hydrogen (secondary N) is 1. The zero-order chi connectivity index (χ0) is 16.6. The smallest absolute Gasteiger partial charge is 0.339 e. The Balaban J connectivity index is 1.95. The lowest BCUT2D eigenvalue weighted by atomic mass is 10.1. The van der Waals surface area contributed by atoms with Gasteiger partial charge in [0.05, 0.1) is 10.6 Å². The number of aromatic hydroxyl groups is 1. The first-order valence-electron chi connectivity index (χ1n) is 6.45. The number of thioether (sulfide) groups is 1. The molecule has 1 aromatic heterocycles. The van der Waals surface area contributed by atoms with E-state index in [4.69, 9.17) is 17.3 Å². The molecule has 0 spiro atoms. The van der Waals surface area contributed by atoms with Crippen LogP contribution < -0.4 is 4.90 Å². The highest BCUT2D eigenvalue weighted by molar-refractivity contribution is 8.27. The zero-order valence-corrected chi connectivity index (χ0v) is 13.1. The summed E-state index contributed by atoms with van der Waals surface area (Å²) >= 11 is 6.36. The first-order valence-corrected chi connectivity index (χ1v) is 7.67. The van der Waals surface area contributed by atoms with Crippen LogP contribution in [0.15, 0.2) is 41.4 Å². The van der Waals surface area contributed by atoms with Gasteiger partial charge < -0.3 is 15.2 Å². The molecule has 23 heavy (non-hydrogen) atoms. The van der Waals surface area contributed by atoms with E-state index in [1.165, 1.54) is 23.1 Å². The molecule has 116 valence electrons. The van der Waals surface area contributed by atoms with Crippen LogP contribution >= 0.6 is 24.0 Å². The molecule has 0 saturated carbocycles. The largest absolute Gasteiger partial charge is 0.507 e. The van der Waals surface area contributed by atoms with Gasteiger partial charge in [-0.2, -0.15) is 0 Å². The van der Waals surface area contributed by atoms with Gasteiger partial charge in [-0.1, -0.05) is 24.0 Å². The number of carbonyl (C=O) groups is 2. The molecule has 1 saturated heterocycles. The van der Waals surface area contributed by atoms with Gasteiger partial charge in [0.2, 0.25) is 0 Å². The molecule has 0 aliphatic carbocycles. The standard InChI is InChI=1S/C15H10N2O4S2/c18-11-7-9(3-4-10(11)14(20)21)17-13(19)12(23-15(17)22)6-8-2-1-5-16-8/h1-7,16,18H,(H,20,21)/b12-6-. The van der Waals surface area contributed by atoms with Crippen molar-refractivity contribution in [2.45, 2.75) is 0 Å². The summed E-state index contributed by atoms with van der Waals surface area (Å²) in [5.74, 6) is -1.99. The summed E-state index contributed by atoms with van der Waals surface area (Å²) in [5, 5.41) is 18.7. The number of nitrogens with zero attached hydrogens (tertiary/aromatic N) is 1. The molecule has 1 amide bonds. The molecule has 3 N–H and O–H groups in total. The van der Waals surface area contributed by atoms with Gasteiger partial charge >= 0.3 is 5.97 Å². The molecule has 0 unspecified atom stereocenters. The number of amides is 1. The van der Waals surface area contributed by atoms with E-state index in [9.17, 15) is 14.7 Å². The summed E-state index contributed by atoms with van der Waals surface area (Å²) in [7, 11) is 0. The van der Waals surface area contributed by atoms with E-state index in [1.54, 1.807) is 12.3 Å².